The molecule has 0 spiro atoms. The summed E-state index contributed by atoms with van der Waals surface area (Å²) >= 11 is 0. The summed E-state index contributed by atoms with van der Waals surface area (Å²) in [6.45, 7) is 1.56. The Kier molecular flexibility index (Phi) is 3.99. The van der Waals surface area contributed by atoms with Crippen LogP contribution in [0.15, 0.2) is 0 Å². The van der Waals surface area contributed by atoms with E-state index in [4.69, 9.17) is 10.2 Å². The summed E-state index contributed by atoms with van der Waals surface area (Å²) in [5, 5.41) is 19.8. The largest absolute Gasteiger partial charge is 0.481 e. The van der Waals surface area contributed by atoms with Crippen molar-refractivity contribution < 1.29 is 15.0 Å². The number of nitrogens with one attached hydrogen (secondary N) is 1. The molecule has 0 heterocycles. The summed E-state index contributed by atoms with van der Waals surface area (Å²) in [7, 11) is 1.58. The lowest BCUT2D eigenvalue weighted by Crippen LogP contribution is -2.28. The van der Waals surface area contributed by atoms with Crippen molar-refractivity contribution in [1.29, 1.82) is 0 Å². The quantitative estimate of drug-likeness (QED) is 0.475. The van der Waals surface area contributed by atoms with E-state index < -0.39 is 18.1 Å². The molecule has 3 N–H and O–H groups in total. The second-order valence-corrected chi connectivity index (χ2v) is 2.28. The molecular formula is C6H13NO3. The van der Waals surface area contributed by atoms with E-state index in [0.29, 0.717) is 0 Å². The molecule has 0 fully saturated rings. The van der Waals surface area contributed by atoms with Crippen LogP contribution in [0.3, 0.4) is 0 Å². The Morgan fingerprint density at radius 2 is 2.20 bits per heavy atom. The van der Waals surface area contributed by atoms with Gasteiger partial charge in [-0.2, -0.15) is 0 Å². The SMILES string of the molecule is CN[C@@H](O)CC(C)C(=O)O. The summed E-state index contributed by atoms with van der Waals surface area (Å²) in [6.07, 6.45) is -0.475. The Labute approximate surface area is 59.9 Å². The number of hydrogen-bond donors (Lipinski definition) is 3. The standard InChI is InChI=1S/C6H13NO3/c1-4(6(9)10)3-5(8)7-2/h4-5,7-8H,3H2,1-2H3,(H,9,10)/t4?,5-/m0/s1. The van der Waals surface area contributed by atoms with Crippen molar-refractivity contribution in [3.05, 3.63) is 0 Å². The van der Waals surface area contributed by atoms with Gasteiger partial charge in [-0.05, 0) is 13.5 Å². The summed E-state index contributed by atoms with van der Waals surface area (Å²) in [6, 6.07) is 0. The molecule has 0 saturated heterocycles. The number of aliphatic carboxylic acids is 1. The van der Waals surface area contributed by atoms with E-state index in [1.807, 2.05) is 0 Å². The number of carboxylic acids is 1. The van der Waals surface area contributed by atoms with Gasteiger partial charge in [0.25, 0.3) is 0 Å². The van der Waals surface area contributed by atoms with Gasteiger partial charge in [-0.1, -0.05) is 6.92 Å². The molecule has 0 aromatic heterocycles. The molecule has 0 amide bonds. The Balaban J connectivity index is 3.56. The number of hydrogen-bond acceptors (Lipinski definition) is 3. The van der Waals surface area contributed by atoms with Crippen molar-refractivity contribution in [1.82, 2.24) is 5.32 Å². The van der Waals surface area contributed by atoms with Crippen LogP contribution < -0.4 is 5.32 Å². The molecule has 4 heteroatoms. The molecule has 0 aliphatic rings. The van der Waals surface area contributed by atoms with E-state index >= 15 is 0 Å². The molecule has 0 aliphatic heterocycles. The van der Waals surface area contributed by atoms with E-state index in [2.05, 4.69) is 5.32 Å². The number of carboxylic acid groups (broad SMARTS) is 1. The molecule has 0 aliphatic carbocycles. The van der Waals surface area contributed by atoms with Crippen molar-refractivity contribution in [3.63, 3.8) is 0 Å². The van der Waals surface area contributed by atoms with Gasteiger partial charge < -0.3 is 10.2 Å². The Morgan fingerprint density at radius 1 is 1.70 bits per heavy atom. The molecule has 1 unspecified atom stereocenters. The molecule has 10 heavy (non-hydrogen) atoms. The minimum absolute atomic E-state index is 0.242. The molecule has 0 rings (SSSR count). The molecule has 0 aromatic rings. The predicted octanol–water partition coefficient (Wildman–Crippen LogP) is -0.365. The first kappa shape index (κ1) is 9.39. The highest BCUT2D eigenvalue weighted by Gasteiger charge is 2.14. The van der Waals surface area contributed by atoms with Crippen LogP contribution in [0.5, 0.6) is 0 Å². The van der Waals surface area contributed by atoms with E-state index in [-0.39, 0.29) is 6.42 Å². The number of carbonyl (C=O) groups is 1. The maximum absolute atomic E-state index is 10.2. The zero-order chi connectivity index (χ0) is 8.15. The van der Waals surface area contributed by atoms with Crippen LogP contribution in [0.25, 0.3) is 0 Å². The van der Waals surface area contributed by atoms with Gasteiger partial charge in [-0.25, -0.2) is 0 Å². The van der Waals surface area contributed by atoms with Gasteiger partial charge in [-0.3, -0.25) is 10.1 Å². The van der Waals surface area contributed by atoms with Crippen molar-refractivity contribution in [3.8, 4) is 0 Å². The van der Waals surface area contributed by atoms with Crippen molar-refractivity contribution in [2.24, 2.45) is 5.92 Å². The Hall–Kier alpha value is -0.610. The third kappa shape index (κ3) is 3.42. The van der Waals surface area contributed by atoms with Crippen LogP contribution in [0.1, 0.15) is 13.3 Å². The lowest BCUT2D eigenvalue weighted by atomic mass is 10.1. The summed E-state index contributed by atoms with van der Waals surface area (Å²) in [5.74, 6) is -1.38. The van der Waals surface area contributed by atoms with Gasteiger partial charge in [-0.15, -0.1) is 0 Å². The highest BCUT2D eigenvalue weighted by Crippen LogP contribution is 2.03. The zero-order valence-corrected chi connectivity index (χ0v) is 6.16. The fourth-order valence-electron chi connectivity index (χ4n) is 0.554. The molecule has 0 radical (unpaired) electrons. The molecule has 2 atom stereocenters. The minimum Gasteiger partial charge on any atom is -0.481 e. The smallest absolute Gasteiger partial charge is 0.306 e. The average molecular weight is 147 g/mol. The zero-order valence-electron chi connectivity index (χ0n) is 6.16. The lowest BCUT2D eigenvalue weighted by Gasteiger charge is -2.11. The lowest BCUT2D eigenvalue weighted by molar-refractivity contribution is -0.142. The van der Waals surface area contributed by atoms with Crippen LogP contribution in [-0.2, 0) is 4.79 Å². The number of rotatable bonds is 4. The highest BCUT2D eigenvalue weighted by atomic mass is 16.4. The normalized spacial score (nSPS) is 16.3. The van der Waals surface area contributed by atoms with E-state index in [9.17, 15) is 4.79 Å². The number of aliphatic hydroxyl groups excluding tert-OH is 1. The van der Waals surface area contributed by atoms with Gasteiger partial charge in [0.05, 0.1) is 5.92 Å². The van der Waals surface area contributed by atoms with Crippen LogP contribution >= 0.6 is 0 Å². The fraction of sp³-hybridized carbons (Fsp3) is 0.833. The monoisotopic (exact) mass is 147 g/mol. The van der Waals surface area contributed by atoms with Gasteiger partial charge in [0.2, 0.25) is 0 Å². The van der Waals surface area contributed by atoms with Gasteiger partial charge in [0, 0.05) is 0 Å². The molecule has 60 valence electrons. The van der Waals surface area contributed by atoms with E-state index in [0.717, 1.165) is 0 Å². The van der Waals surface area contributed by atoms with E-state index in [1.54, 1.807) is 14.0 Å². The van der Waals surface area contributed by atoms with Crippen molar-refractivity contribution in [2.45, 2.75) is 19.6 Å². The maximum Gasteiger partial charge on any atom is 0.306 e. The second-order valence-electron chi connectivity index (χ2n) is 2.28. The van der Waals surface area contributed by atoms with Gasteiger partial charge in [0.1, 0.15) is 6.23 Å². The molecule has 4 nitrogen and oxygen atoms in total. The maximum atomic E-state index is 10.2. The minimum atomic E-state index is -0.880. The number of aliphatic hydroxyl groups is 1. The van der Waals surface area contributed by atoms with Crippen molar-refractivity contribution >= 4 is 5.97 Å². The predicted molar refractivity (Wildman–Crippen MR) is 36.5 cm³/mol. The molecule has 0 bridgehead atoms. The molecule has 0 saturated carbocycles. The van der Waals surface area contributed by atoms with Gasteiger partial charge in [0.15, 0.2) is 0 Å². The Morgan fingerprint density at radius 3 is 2.50 bits per heavy atom. The first-order valence-electron chi connectivity index (χ1n) is 3.16. The first-order chi connectivity index (χ1) is 4.57. The average Bonchev–Trinajstić information content (AvgIpc) is 1.87. The summed E-state index contributed by atoms with van der Waals surface area (Å²) in [4.78, 5) is 10.2. The van der Waals surface area contributed by atoms with Crippen LogP contribution in [0.4, 0.5) is 0 Å². The second kappa shape index (κ2) is 4.24. The van der Waals surface area contributed by atoms with Gasteiger partial charge >= 0.3 is 5.97 Å². The molecule has 0 aromatic carbocycles. The van der Waals surface area contributed by atoms with Crippen LogP contribution in [0, 0.1) is 5.92 Å². The third-order valence-electron chi connectivity index (χ3n) is 1.33. The molecular weight excluding hydrogens is 134 g/mol. The summed E-state index contributed by atoms with van der Waals surface area (Å²) < 4.78 is 0. The van der Waals surface area contributed by atoms with Crippen LogP contribution in [-0.4, -0.2) is 29.5 Å². The highest BCUT2D eigenvalue weighted by molar-refractivity contribution is 5.69. The topological polar surface area (TPSA) is 69.6 Å². The summed E-state index contributed by atoms with van der Waals surface area (Å²) in [5.41, 5.74) is 0. The van der Waals surface area contributed by atoms with Crippen LogP contribution in [0.2, 0.25) is 0 Å². The third-order valence-corrected chi connectivity index (χ3v) is 1.33. The Bertz CT molecular complexity index is 116. The fourth-order valence-corrected chi connectivity index (χ4v) is 0.554. The van der Waals surface area contributed by atoms with Crippen molar-refractivity contribution in [2.75, 3.05) is 7.05 Å². The van der Waals surface area contributed by atoms with E-state index in [1.165, 1.54) is 0 Å². The first-order valence-corrected chi connectivity index (χ1v) is 3.16.